The van der Waals surface area contributed by atoms with Crippen molar-refractivity contribution in [3.8, 4) is 17.2 Å². The first-order chi connectivity index (χ1) is 15.0. The van der Waals surface area contributed by atoms with Crippen LogP contribution in [0.25, 0.3) is 0 Å². The van der Waals surface area contributed by atoms with Gasteiger partial charge in [0.2, 0.25) is 0 Å². The predicted octanol–water partition coefficient (Wildman–Crippen LogP) is 4.49. The molecular weight excluding hydrogens is 399 g/mol. The molecule has 0 aliphatic carbocycles. The highest BCUT2D eigenvalue weighted by molar-refractivity contribution is 5.97. The van der Waals surface area contributed by atoms with Crippen LogP contribution in [-0.2, 0) is 6.61 Å². The van der Waals surface area contributed by atoms with Crippen molar-refractivity contribution in [2.24, 2.45) is 5.10 Å². The van der Waals surface area contributed by atoms with E-state index in [9.17, 15) is 9.18 Å². The van der Waals surface area contributed by atoms with Crippen LogP contribution < -0.4 is 19.6 Å². The molecule has 3 aromatic carbocycles. The zero-order valence-electron chi connectivity index (χ0n) is 17.5. The number of rotatable bonds is 8. The van der Waals surface area contributed by atoms with Gasteiger partial charge < -0.3 is 14.2 Å². The van der Waals surface area contributed by atoms with Crippen molar-refractivity contribution in [3.63, 3.8) is 0 Å². The molecule has 160 valence electrons. The number of halogens is 1. The summed E-state index contributed by atoms with van der Waals surface area (Å²) in [5.74, 6) is 0.865. The van der Waals surface area contributed by atoms with Crippen LogP contribution in [0, 0.1) is 12.7 Å². The molecule has 3 aromatic rings. The van der Waals surface area contributed by atoms with Crippen LogP contribution in [0.3, 0.4) is 0 Å². The van der Waals surface area contributed by atoms with Crippen molar-refractivity contribution in [1.82, 2.24) is 5.43 Å². The summed E-state index contributed by atoms with van der Waals surface area (Å²) >= 11 is 0. The van der Waals surface area contributed by atoms with Crippen LogP contribution in [0.1, 0.15) is 27.0 Å². The maximum atomic E-state index is 13.0. The minimum absolute atomic E-state index is 0.276. The van der Waals surface area contributed by atoms with Gasteiger partial charge in [-0.15, -0.1) is 0 Å². The summed E-state index contributed by atoms with van der Waals surface area (Å²) in [4.78, 5) is 12.4. The van der Waals surface area contributed by atoms with E-state index in [0.29, 0.717) is 28.4 Å². The van der Waals surface area contributed by atoms with Crippen LogP contribution in [0.5, 0.6) is 17.2 Å². The fraction of sp³-hybridized carbons (Fsp3) is 0.167. The van der Waals surface area contributed by atoms with Gasteiger partial charge in [-0.1, -0.05) is 18.2 Å². The summed E-state index contributed by atoms with van der Waals surface area (Å²) in [5, 5.41) is 4.01. The minimum atomic E-state index is -0.376. The first-order valence-corrected chi connectivity index (χ1v) is 9.53. The van der Waals surface area contributed by atoms with Crippen molar-refractivity contribution in [2.45, 2.75) is 13.5 Å². The van der Waals surface area contributed by atoms with Crippen LogP contribution >= 0.6 is 0 Å². The molecule has 0 heterocycles. The number of ether oxygens (including phenoxy) is 3. The molecule has 1 amide bonds. The lowest BCUT2D eigenvalue weighted by molar-refractivity contribution is 0.0952. The van der Waals surface area contributed by atoms with Gasteiger partial charge in [0.1, 0.15) is 18.2 Å². The number of nitrogens with one attached hydrogen (secondary N) is 1. The Morgan fingerprint density at radius 1 is 0.968 bits per heavy atom. The molecule has 7 heteroatoms. The van der Waals surface area contributed by atoms with E-state index in [1.165, 1.54) is 32.6 Å². The standard InChI is InChI=1S/C24H23FN2O4/c1-16-4-10-20(22(12-16)29-2)24(28)27-26-14-18-7-11-21(23(13-18)30-3)31-15-17-5-8-19(25)9-6-17/h4-14H,15H2,1-3H3,(H,27,28). The maximum absolute atomic E-state index is 13.0. The molecule has 0 bridgehead atoms. The lowest BCUT2D eigenvalue weighted by atomic mass is 10.1. The van der Waals surface area contributed by atoms with Crippen molar-refractivity contribution >= 4 is 12.1 Å². The molecule has 0 unspecified atom stereocenters. The monoisotopic (exact) mass is 422 g/mol. The summed E-state index contributed by atoms with van der Waals surface area (Å²) in [6, 6.07) is 16.7. The van der Waals surface area contributed by atoms with Crippen molar-refractivity contribution in [3.05, 3.63) is 88.7 Å². The molecule has 0 saturated heterocycles. The zero-order chi connectivity index (χ0) is 22.2. The molecule has 0 atom stereocenters. The van der Waals surface area contributed by atoms with E-state index >= 15 is 0 Å². The zero-order valence-corrected chi connectivity index (χ0v) is 17.5. The lowest BCUT2D eigenvalue weighted by Gasteiger charge is -2.11. The van der Waals surface area contributed by atoms with Crippen molar-refractivity contribution < 1.29 is 23.4 Å². The number of benzene rings is 3. The number of aryl methyl sites for hydroxylation is 1. The van der Waals surface area contributed by atoms with Gasteiger partial charge >= 0.3 is 0 Å². The molecule has 1 N–H and O–H groups in total. The molecule has 0 aromatic heterocycles. The summed E-state index contributed by atoms with van der Waals surface area (Å²) in [6.07, 6.45) is 1.50. The molecule has 0 saturated carbocycles. The summed E-state index contributed by atoms with van der Waals surface area (Å²) < 4.78 is 29.4. The van der Waals surface area contributed by atoms with Crippen LogP contribution in [0.2, 0.25) is 0 Å². The molecule has 0 aliphatic heterocycles. The maximum Gasteiger partial charge on any atom is 0.275 e. The highest BCUT2D eigenvalue weighted by Gasteiger charge is 2.11. The van der Waals surface area contributed by atoms with Gasteiger partial charge in [-0.25, -0.2) is 9.82 Å². The van der Waals surface area contributed by atoms with Crippen LogP contribution in [0.4, 0.5) is 4.39 Å². The van der Waals surface area contributed by atoms with Gasteiger partial charge in [0, 0.05) is 0 Å². The van der Waals surface area contributed by atoms with Crippen LogP contribution in [-0.4, -0.2) is 26.3 Å². The van der Waals surface area contributed by atoms with Gasteiger partial charge in [0.25, 0.3) is 5.91 Å². The van der Waals surface area contributed by atoms with Gasteiger partial charge in [0.05, 0.1) is 26.0 Å². The second-order valence-corrected chi connectivity index (χ2v) is 6.73. The van der Waals surface area contributed by atoms with Gasteiger partial charge in [-0.3, -0.25) is 4.79 Å². The summed E-state index contributed by atoms with van der Waals surface area (Å²) in [6.45, 7) is 2.20. The quantitative estimate of drug-likeness (QED) is 0.429. The normalized spacial score (nSPS) is 10.7. The topological polar surface area (TPSA) is 69.2 Å². The minimum Gasteiger partial charge on any atom is -0.496 e. The Balaban J connectivity index is 1.64. The number of hydrogen-bond donors (Lipinski definition) is 1. The average Bonchev–Trinajstić information content (AvgIpc) is 2.78. The Kier molecular flexibility index (Phi) is 7.22. The third kappa shape index (κ3) is 5.82. The highest BCUT2D eigenvalue weighted by Crippen LogP contribution is 2.28. The third-order valence-corrected chi connectivity index (χ3v) is 4.48. The molecule has 0 aliphatic rings. The Morgan fingerprint density at radius 3 is 2.42 bits per heavy atom. The van der Waals surface area contributed by atoms with Gasteiger partial charge in [-0.2, -0.15) is 5.10 Å². The number of amides is 1. The molecule has 0 radical (unpaired) electrons. The first kappa shape index (κ1) is 21.8. The number of methoxy groups -OCH3 is 2. The third-order valence-electron chi connectivity index (χ3n) is 4.48. The summed E-state index contributed by atoms with van der Waals surface area (Å²) in [7, 11) is 3.05. The van der Waals surface area contributed by atoms with E-state index in [1.54, 1.807) is 42.5 Å². The van der Waals surface area contributed by atoms with Gasteiger partial charge in [-0.05, 0) is 66.1 Å². The number of hydrazone groups is 1. The van der Waals surface area contributed by atoms with Crippen molar-refractivity contribution in [1.29, 1.82) is 0 Å². The average molecular weight is 422 g/mol. The Labute approximate surface area is 180 Å². The Morgan fingerprint density at radius 2 is 1.71 bits per heavy atom. The Bertz CT molecular complexity index is 1080. The Hall–Kier alpha value is -3.87. The molecule has 0 fully saturated rings. The van der Waals surface area contributed by atoms with Crippen molar-refractivity contribution in [2.75, 3.05) is 14.2 Å². The van der Waals surface area contributed by atoms with E-state index in [1.807, 2.05) is 13.0 Å². The lowest BCUT2D eigenvalue weighted by Crippen LogP contribution is -2.18. The number of hydrogen-bond acceptors (Lipinski definition) is 5. The van der Waals surface area contributed by atoms with Gasteiger partial charge in [0.15, 0.2) is 11.5 Å². The fourth-order valence-electron chi connectivity index (χ4n) is 2.84. The largest absolute Gasteiger partial charge is 0.496 e. The second-order valence-electron chi connectivity index (χ2n) is 6.73. The number of carbonyl (C=O) groups excluding carboxylic acids is 1. The smallest absolute Gasteiger partial charge is 0.275 e. The second kappa shape index (κ2) is 10.2. The SMILES string of the molecule is COc1cc(C=NNC(=O)c2ccc(C)cc2OC)ccc1OCc1ccc(F)cc1. The number of nitrogens with zero attached hydrogens (tertiary/aromatic N) is 1. The number of carbonyl (C=O) groups is 1. The van der Waals surface area contributed by atoms with E-state index in [2.05, 4.69) is 10.5 Å². The van der Waals surface area contributed by atoms with E-state index < -0.39 is 0 Å². The predicted molar refractivity (Wildman–Crippen MR) is 117 cm³/mol. The highest BCUT2D eigenvalue weighted by atomic mass is 19.1. The molecular formula is C24H23FN2O4. The van der Waals surface area contributed by atoms with E-state index in [0.717, 1.165) is 11.1 Å². The van der Waals surface area contributed by atoms with E-state index in [-0.39, 0.29) is 18.3 Å². The first-order valence-electron chi connectivity index (χ1n) is 9.53. The van der Waals surface area contributed by atoms with E-state index in [4.69, 9.17) is 14.2 Å². The molecule has 3 rings (SSSR count). The van der Waals surface area contributed by atoms with Crippen LogP contribution in [0.15, 0.2) is 65.8 Å². The molecule has 6 nitrogen and oxygen atoms in total. The summed E-state index contributed by atoms with van der Waals surface area (Å²) in [5.41, 5.74) is 5.43. The fourth-order valence-corrected chi connectivity index (χ4v) is 2.84. The molecule has 31 heavy (non-hydrogen) atoms. The molecule has 0 spiro atoms.